The zero-order valence-electron chi connectivity index (χ0n) is 13.1. The van der Waals surface area contributed by atoms with Gasteiger partial charge < -0.3 is 20.1 Å². The molecule has 1 amide bonds. The number of anilines is 1. The first-order valence-corrected chi connectivity index (χ1v) is 8.19. The van der Waals surface area contributed by atoms with Gasteiger partial charge in [-0.15, -0.1) is 0 Å². The van der Waals surface area contributed by atoms with Gasteiger partial charge in [0.25, 0.3) is 0 Å². The molecule has 1 aliphatic carbocycles. The molecule has 3 rings (SSSR count). The van der Waals surface area contributed by atoms with Gasteiger partial charge >= 0.3 is 0 Å². The van der Waals surface area contributed by atoms with Gasteiger partial charge in [0.15, 0.2) is 11.5 Å². The number of rotatable bonds is 4. The van der Waals surface area contributed by atoms with Crippen LogP contribution >= 0.6 is 0 Å². The van der Waals surface area contributed by atoms with E-state index in [1.54, 1.807) is 6.07 Å². The summed E-state index contributed by atoms with van der Waals surface area (Å²) in [6.45, 7) is 2.17. The fourth-order valence-electron chi connectivity index (χ4n) is 3.10. The Kier molecular flexibility index (Phi) is 4.83. The molecule has 0 radical (unpaired) electrons. The number of nitrogens with one attached hydrogen (secondary N) is 2. The molecule has 1 fully saturated rings. The molecular formula is C17H24N2O3. The topological polar surface area (TPSA) is 59.6 Å². The molecule has 22 heavy (non-hydrogen) atoms. The number of benzene rings is 1. The van der Waals surface area contributed by atoms with Gasteiger partial charge in [0.1, 0.15) is 0 Å². The molecule has 2 N–H and O–H groups in total. The third-order valence-electron chi connectivity index (χ3n) is 4.37. The maximum Gasteiger partial charge on any atom is 0.241 e. The number of fused-ring (bicyclic) bond motifs is 1. The van der Waals surface area contributed by atoms with E-state index in [9.17, 15) is 4.79 Å². The Hall–Kier alpha value is -1.75. The molecule has 1 atom stereocenters. The second kappa shape index (κ2) is 7.01. The Morgan fingerprint density at radius 3 is 2.64 bits per heavy atom. The smallest absolute Gasteiger partial charge is 0.241 e. The quantitative estimate of drug-likeness (QED) is 0.839. The summed E-state index contributed by atoms with van der Waals surface area (Å²) in [4.78, 5) is 12.3. The molecule has 5 heteroatoms. The number of carbonyl (C=O) groups excluding carboxylic acids is 1. The zero-order valence-corrected chi connectivity index (χ0v) is 13.1. The summed E-state index contributed by atoms with van der Waals surface area (Å²) in [5.74, 6) is 1.40. The van der Waals surface area contributed by atoms with Crippen LogP contribution in [0.15, 0.2) is 18.2 Å². The van der Waals surface area contributed by atoms with E-state index in [1.807, 2.05) is 19.1 Å². The van der Waals surface area contributed by atoms with Crippen molar-refractivity contribution >= 4 is 11.6 Å². The van der Waals surface area contributed by atoms with Crippen LogP contribution in [0.4, 0.5) is 5.69 Å². The first-order chi connectivity index (χ1) is 10.7. The molecule has 1 saturated carbocycles. The minimum absolute atomic E-state index is 0.0110. The summed E-state index contributed by atoms with van der Waals surface area (Å²) in [5.41, 5.74) is 0.740. The maximum absolute atomic E-state index is 12.3. The van der Waals surface area contributed by atoms with Crippen LogP contribution in [0.3, 0.4) is 0 Å². The highest BCUT2D eigenvalue weighted by Gasteiger charge is 2.20. The lowest BCUT2D eigenvalue weighted by Gasteiger charge is -2.21. The fourth-order valence-corrected chi connectivity index (χ4v) is 3.10. The molecule has 0 saturated heterocycles. The summed E-state index contributed by atoms with van der Waals surface area (Å²) in [6, 6.07) is 5.72. The molecule has 0 aromatic heterocycles. The third-order valence-corrected chi connectivity index (χ3v) is 4.37. The van der Waals surface area contributed by atoms with Crippen LogP contribution in [0.5, 0.6) is 11.5 Å². The van der Waals surface area contributed by atoms with Crippen LogP contribution in [0.1, 0.15) is 45.4 Å². The molecule has 120 valence electrons. The minimum Gasteiger partial charge on any atom is -0.454 e. The minimum atomic E-state index is -0.200. The normalized spacial score (nSPS) is 19.5. The van der Waals surface area contributed by atoms with Crippen molar-refractivity contribution < 1.29 is 14.3 Å². The first kappa shape index (κ1) is 15.2. The van der Waals surface area contributed by atoms with Crippen molar-refractivity contribution in [3.05, 3.63) is 18.2 Å². The van der Waals surface area contributed by atoms with Gasteiger partial charge in [0.05, 0.1) is 6.04 Å². The van der Waals surface area contributed by atoms with E-state index in [1.165, 1.54) is 38.5 Å². The summed E-state index contributed by atoms with van der Waals surface area (Å²) < 4.78 is 10.6. The zero-order chi connectivity index (χ0) is 15.4. The van der Waals surface area contributed by atoms with Gasteiger partial charge in [-0.25, -0.2) is 0 Å². The van der Waals surface area contributed by atoms with Gasteiger partial charge in [-0.05, 0) is 31.9 Å². The van der Waals surface area contributed by atoms with Gasteiger partial charge in [-0.2, -0.15) is 0 Å². The Morgan fingerprint density at radius 1 is 1.14 bits per heavy atom. The first-order valence-electron chi connectivity index (χ1n) is 8.19. The van der Waals surface area contributed by atoms with Crippen molar-refractivity contribution in [1.82, 2.24) is 5.32 Å². The summed E-state index contributed by atoms with van der Waals surface area (Å²) in [6.07, 6.45) is 7.48. The van der Waals surface area contributed by atoms with Crippen molar-refractivity contribution in [2.75, 3.05) is 12.1 Å². The number of ether oxygens (including phenoxy) is 2. The van der Waals surface area contributed by atoms with Crippen molar-refractivity contribution in [3.63, 3.8) is 0 Å². The highest BCUT2D eigenvalue weighted by atomic mass is 16.7. The lowest BCUT2D eigenvalue weighted by atomic mass is 10.1. The third kappa shape index (κ3) is 3.71. The van der Waals surface area contributed by atoms with Crippen molar-refractivity contribution in [2.45, 2.75) is 57.5 Å². The van der Waals surface area contributed by atoms with Gasteiger partial charge in [0.2, 0.25) is 12.7 Å². The fraction of sp³-hybridized carbons (Fsp3) is 0.588. The average molecular weight is 304 g/mol. The number of carbonyl (C=O) groups is 1. The molecule has 1 aromatic carbocycles. The lowest BCUT2D eigenvalue weighted by molar-refractivity contribution is -0.118. The molecule has 1 aromatic rings. The number of hydrogen-bond donors (Lipinski definition) is 2. The van der Waals surface area contributed by atoms with Gasteiger partial charge in [0, 0.05) is 17.8 Å². The number of hydrogen-bond acceptors (Lipinski definition) is 4. The van der Waals surface area contributed by atoms with Crippen LogP contribution in [-0.2, 0) is 4.79 Å². The van der Waals surface area contributed by atoms with Crippen LogP contribution in [0.2, 0.25) is 0 Å². The molecule has 1 heterocycles. The Balaban J connectivity index is 1.54. The summed E-state index contributed by atoms with van der Waals surface area (Å²) in [5, 5.41) is 6.40. The summed E-state index contributed by atoms with van der Waals surface area (Å²) >= 11 is 0. The molecule has 1 unspecified atom stereocenters. The van der Waals surface area contributed by atoms with Crippen molar-refractivity contribution in [2.24, 2.45) is 0 Å². The SMILES string of the molecule is CC(NC1CCCCCC1)C(=O)Nc1ccc2c(c1)OCO2. The molecule has 0 spiro atoms. The second-order valence-electron chi connectivity index (χ2n) is 6.13. The van der Waals surface area contributed by atoms with Crippen LogP contribution in [0, 0.1) is 0 Å². The highest BCUT2D eigenvalue weighted by molar-refractivity contribution is 5.94. The van der Waals surface area contributed by atoms with Crippen LogP contribution in [-0.4, -0.2) is 24.8 Å². The molecular weight excluding hydrogens is 280 g/mol. The van der Waals surface area contributed by atoms with Crippen molar-refractivity contribution in [1.29, 1.82) is 0 Å². The van der Waals surface area contributed by atoms with Crippen LogP contribution in [0.25, 0.3) is 0 Å². The molecule has 2 aliphatic rings. The highest BCUT2D eigenvalue weighted by Crippen LogP contribution is 2.34. The van der Waals surface area contributed by atoms with Gasteiger partial charge in [-0.1, -0.05) is 25.7 Å². The standard InChI is InChI=1S/C17H24N2O3/c1-12(18-13-6-4-2-3-5-7-13)17(20)19-14-8-9-15-16(10-14)22-11-21-15/h8-10,12-13,18H,2-7,11H2,1H3,(H,19,20). The Bertz CT molecular complexity index is 525. The predicted octanol–water partition coefficient (Wildman–Crippen LogP) is 3.05. The van der Waals surface area contributed by atoms with E-state index < -0.39 is 0 Å². The molecule has 0 bridgehead atoms. The van der Waals surface area contributed by atoms with E-state index in [-0.39, 0.29) is 18.7 Å². The Morgan fingerprint density at radius 2 is 1.86 bits per heavy atom. The number of amides is 1. The van der Waals surface area contributed by atoms with E-state index in [2.05, 4.69) is 10.6 Å². The largest absolute Gasteiger partial charge is 0.454 e. The lowest BCUT2D eigenvalue weighted by Crippen LogP contribution is -2.43. The maximum atomic E-state index is 12.3. The van der Waals surface area contributed by atoms with E-state index >= 15 is 0 Å². The van der Waals surface area contributed by atoms with E-state index in [0.717, 1.165) is 11.4 Å². The molecule has 5 nitrogen and oxygen atoms in total. The van der Waals surface area contributed by atoms with Crippen molar-refractivity contribution in [3.8, 4) is 11.5 Å². The second-order valence-corrected chi connectivity index (χ2v) is 6.13. The van der Waals surface area contributed by atoms with Gasteiger partial charge in [-0.3, -0.25) is 4.79 Å². The van der Waals surface area contributed by atoms with Crippen LogP contribution < -0.4 is 20.1 Å². The van der Waals surface area contributed by atoms with E-state index in [0.29, 0.717) is 11.8 Å². The Labute approximate surface area is 131 Å². The average Bonchev–Trinajstić information content (AvgIpc) is 2.83. The van der Waals surface area contributed by atoms with E-state index in [4.69, 9.17) is 9.47 Å². The molecule has 1 aliphatic heterocycles. The summed E-state index contributed by atoms with van der Waals surface area (Å²) in [7, 11) is 0. The predicted molar refractivity (Wildman–Crippen MR) is 85.3 cm³/mol. The monoisotopic (exact) mass is 304 g/mol.